The van der Waals surface area contributed by atoms with E-state index in [9.17, 15) is 4.39 Å². The number of amidine groups is 1. The van der Waals surface area contributed by atoms with Crippen molar-refractivity contribution in [2.24, 2.45) is 10.7 Å². The highest BCUT2D eigenvalue weighted by molar-refractivity contribution is 6.01. The van der Waals surface area contributed by atoms with Gasteiger partial charge in [-0.25, -0.2) is 13.8 Å². The van der Waals surface area contributed by atoms with Crippen LogP contribution in [0.3, 0.4) is 0 Å². The average molecular weight is 404 g/mol. The van der Waals surface area contributed by atoms with E-state index < -0.39 is 11.6 Å². The Hall–Kier alpha value is -3.38. The van der Waals surface area contributed by atoms with E-state index >= 15 is 4.39 Å². The molecule has 0 unspecified atom stereocenters. The molecular weight excluding hydrogens is 382 g/mol. The van der Waals surface area contributed by atoms with Crippen LogP contribution in [-0.4, -0.2) is 18.2 Å². The minimum Gasteiger partial charge on any atom is -0.383 e. The lowest BCUT2D eigenvalue weighted by atomic mass is 9.99. The summed E-state index contributed by atoms with van der Waals surface area (Å²) >= 11 is 0. The fraction of sp³-hybridized carbons (Fsp3) is 0.167. The summed E-state index contributed by atoms with van der Waals surface area (Å²) in [5.41, 5.74) is 9.57. The average Bonchev–Trinajstić information content (AvgIpc) is 3.16. The molecule has 1 aliphatic carbocycles. The predicted molar refractivity (Wildman–Crippen MR) is 116 cm³/mol. The van der Waals surface area contributed by atoms with Crippen molar-refractivity contribution in [3.8, 4) is 11.1 Å². The van der Waals surface area contributed by atoms with Gasteiger partial charge in [0, 0.05) is 34.8 Å². The second-order valence-corrected chi connectivity index (χ2v) is 7.37. The molecule has 6 heteroatoms. The molecule has 3 aromatic carbocycles. The van der Waals surface area contributed by atoms with Gasteiger partial charge in [0.1, 0.15) is 23.8 Å². The highest BCUT2D eigenvalue weighted by Gasteiger charge is 2.21. The monoisotopic (exact) mass is 404 g/mol. The zero-order valence-electron chi connectivity index (χ0n) is 16.3. The van der Waals surface area contributed by atoms with Gasteiger partial charge in [-0.3, -0.25) is 5.41 Å². The van der Waals surface area contributed by atoms with Crippen molar-refractivity contribution in [1.29, 1.82) is 5.41 Å². The van der Waals surface area contributed by atoms with E-state index in [-0.39, 0.29) is 23.0 Å². The van der Waals surface area contributed by atoms with Crippen LogP contribution in [0, 0.1) is 17.0 Å². The van der Waals surface area contributed by atoms with E-state index in [1.807, 2.05) is 12.1 Å². The number of rotatable bonds is 6. The van der Waals surface area contributed by atoms with E-state index in [4.69, 9.17) is 11.1 Å². The molecule has 30 heavy (non-hydrogen) atoms. The topological polar surface area (TPSA) is 74.3 Å². The Kier molecular flexibility index (Phi) is 5.68. The van der Waals surface area contributed by atoms with E-state index in [2.05, 4.69) is 22.4 Å². The number of fused-ring (bicyclic) bond motifs is 1. The lowest BCUT2D eigenvalue weighted by Crippen LogP contribution is -2.29. The van der Waals surface area contributed by atoms with Gasteiger partial charge >= 0.3 is 0 Å². The summed E-state index contributed by atoms with van der Waals surface area (Å²) in [6.07, 6.45) is 2.64. The fourth-order valence-corrected chi connectivity index (χ4v) is 3.92. The Morgan fingerprint density at radius 1 is 1.03 bits per heavy atom. The van der Waals surface area contributed by atoms with Gasteiger partial charge in [0.25, 0.3) is 0 Å². The van der Waals surface area contributed by atoms with Crippen LogP contribution >= 0.6 is 0 Å². The maximum atomic E-state index is 15.2. The minimum atomic E-state index is -0.592. The van der Waals surface area contributed by atoms with Gasteiger partial charge in [0.15, 0.2) is 0 Å². The Bertz CT molecular complexity index is 1100. The summed E-state index contributed by atoms with van der Waals surface area (Å²) in [4.78, 5) is 3.63. The second kappa shape index (κ2) is 8.55. The van der Waals surface area contributed by atoms with E-state index in [1.165, 1.54) is 23.3 Å². The highest BCUT2D eigenvalue weighted by Crippen LogP contribution is 2.29. The van der Waals surface area contributed by atoms with Gasteiger partial charge in [0.05, 0.1) is 0 Å². The molecule has 0 aliphatic heterocycles. The van der Waals surface area contributed by atoms with Crippen LogP contribution in [0.4, 0.5) is 8.78 Å². The molecule has 4 nitrogen and oxygen atoms in total. The Morgan fingerprint density at radius 2 is 1.77 bits per heavy atom. The largest absolute Gasteiger partial charge is 0.383 e. The summed E-state index contributed by atoms with van der Waals surface area (Å²) < 4.78 is 29.9. The normalized spacial score (nSPS) is 14.0. The molecular formula is C24H22F2N4. The van der Waals surface area contributed by atoms with Gasteiger partial charge in [-0.2, -0.15) is 0 Å². The van der Waals surface area contributed by atoms with Crippen molar-refractivity contribution in [2.45, 2.75) is 25.4 Å². The minimum absolute atomic E-state index is 0.0337. The Labute approximate surface area is 174 Å². The second-order valence-electron chi connectivity index (χ2n) is 7.37. The van der Waals surface area contributed by atoms with Crippen LogP contribution in [0.15, 0.2) is 65.7 Å². The maximum absolute atomic E-state index is 15.2. The molecule has 0 spiro atoms. The molecule has 0 aromatic heterocycles. The zero-order chi connectivity index (χ0) is 21.1. The number of halogens is 2. The SMILES string of the molecule is N=CN=C(N)c1ccc(-c2cccc(CNC3Cc4ccccc4C3)c2F)c(F)c1. The first kappa shape index (κ1) is 19.9. The molecule has 0 atom stereocenters. The van der Waals surface area contributed by atoms with Crippen molar-refractivity contribution in [2.75, 3.05) is 0 Å². The first-order valence-electron chi connectivity index (χ1n) is 9.77. The third-order valence-electron chi connectivity index (χ3n) is 5.47. The number of aliphatic imine (C=N–C) groups is 1. The van der Waals surface area contributed by atoms with Crippen LogP contribution < -0.4 is 11.1 Å². The fourth-order valence-electron chi connectivity index (χ4n) is 3.92. The van der Waals surface area contributed by atoms with Crippen molar-refractivity contribution in [3.63, 3.8) is 0 Å². The number of benzene rings is 3. The molecule has 0 saturated heterocycles. The van der Waals surface area contributed by atoms with Gasteiger partial charge in [-0.15, -0.1) is 0 Å². The van der Waals surface area contributed by atoms with E-state index in [0.29, 0.717) is 17.7 Å². The van der Waals surface area contributed by atoms with Crippen LogP contribution in [-0.2, 0) is 19.4 Å². The zero-order valence-corrected chi connectivity index (χ0v) is 16.3. The maximum Gasteiger partial charge on any atom is 0.135 e. The van der Waals surface area contributed by atoms with Crippen LogP contribution in [0.25, 0.3) is 11.1 Å². The lowest BCUT2D eigenvalue weighted by molar-refractivity contribution is 0.516. The number of hydrogen-bond donors (Lipinski definition) is 3. The molecule has 1 aliphatic rings. The summed E-state index contributed by atoms with van der Waals surface area (Å²) in [6, 6.07) is 17.9. The molecule has 0 radical (unpaired) electrons. The van der Waals surface area contributed by atoms with Crippen LogP contribution in [0.2, 0.25) is 0 Å². The first-order valence-corrected chi connectivity index (χ1v) is 9.77. The molecule has 0 amide bonds. The quantitative estimate of drug-likeness (QED) is 0.425. The smallest absolute Gasteiger partial charge is 0.135 e. The number of nitrogens with two attached hydrogens (primary N) is 1. The van der Waals surface area contributed by atoms with Gasteiger partial charge < -0.3 is 11.1 Å². The van der Waals surface area contributed by atoms with Crippen molar-refractivity contribution < 1.29 is 8.78 Å². The summed E-state index contributed by atoms with van der Waals surface area (Å²) in [5, 5.41) is 10.4. The predicted octanol–water partition coefficient (Wildman–Crippen LogP) is 4.20. The van der Waals surface area contributed by atoms with Gasteiger partial charge in [-0.1, -0.05) is 54.6 Å². The molecule has 3 aromatic rings. The number of nitrogens with one attached hydrogen (secondary N) is 2. The summed E-state index contributed by atoms with van der Waals surface area (Å²) in [7, 11) is 0. The standard InChI is InChI=1S/C24H22F2N4/c25-22-12-17(24(28)30-14-27)8-9-20(22)21-7-3-6-18(23(21)26)13-29-19-10-15-4-1-2-5-16(15)11-19/h1-9,12,14,19,29H,10-11,13H2,(H3,27,28,30). The first-order chi connectivity index (χ1) is 14.6. The summed E-state index contributed by atoms with van der Waals surface area (Å²) in [6.45, 7) is 0.372. The summed E-state index contributed by atoms with van der Waals surface area (Å²) in [5.74, 6) is -0.995. The third kappa shape index (κ3) is 4.00. The molecule has 0 heterocycles. The van der Waals surface area contributed by atoms with Crippen LogP contribution in [0.5, 0.6) is 0 Å². The molecule has 152 valence electrons. The molecule has 4 rings (SSSR count). The number of nitrogens with zero attached hydrogens (tertiary/aromatic N) is 1. The van der Waals surface area contributed by atoms with Gasteiger partial charge in [0.2, 0.25) is 0 Å². The Morgan fingerprint density at radius 3 is 2.43 bits per heavy atom. The van der Waals surface area contributed by atoms with Crippen LogP contribution in [0.1, 0.15) is 22.3 Å². The van der Waals surface area contributed by atoms with E-state index in [0.717, 1.165) is 19.2 Å². The van der Waals surface area contributed by atoms with Crippen molar-refractivity contribution in [1.82, 2.24) is 5.32 Å². The van der Waals surface area contributed by atoms with E-state index in [1.54, 1.807) is 24.3 Å². The molecule has 0 saturated carbocycles. The lowest BCUT2D eigenvalue weighted by Gasteiger charge is -2.14. The molecule has 0 fully saturated rings. The molecule has 0 bridgehead atoms. The van der Waals surface area contributed by atoms with Crippen molar-refractivity contribution >= 4 is 12.2 Å². The Balaban J connectivity index is 1.52. The third-order valence-corrected chi connectivity index (χ3v) is 5.47. The van der Waals surface area contributed by atoms with Crippen molar-refractivity contribution in [3.05, 3.63) is 94.6 Å². The van der Waals surface area contributed by atoms with Gasteiger partial charge in [-0.05, 0) is 30.0 Å². The molecule has 4 N–H and O–H groups in total. The number of hydrogen-bond acceptors (Lipinski definition) is 2. The highest BCUT2D eigenvalue weighted by atomic mass is 19.1.